The highest BCUT2D eigenvalue weighted by Gasteiger charge is 2.18. The van der Waals surface area contributed by atoms with Gasteiger partial charge in [0.25, 0.3) is 5.91 Å². The number of amides is 1. The summed E-state index contributed by atoms with van der Waals surface area (Å²) in [6, 6.07) is 0. The third-order valence-electron chi connectivity index (χ3n) is 2.93. The zero-order valence-electron chi connectivity index (χ0n) is 12.1. The Hall–Kier alpha value is -1.16. The van der Waals surface area contributed by atoms with Crippen LogP contribution < -0.4 is 0 Å². The molecule has 0 aliphatic rings. The number of carbonyl (C=O) groups excluding carboxylic acids is 1. The van der Waals surface area contributed by atoms with Gasteiger partial charge in [-0.25, -0.2) is 9.97 Å². The first-order chi connectivity index (χ1) is 8.97. The average Bonchev–Trinajstić information content (AvgIpc) is 2.38. The fourth-order valence-corrected chi connectivity index (χ4v) is 1.86. The topological polar surface area (TPSA) is 46.1 Å². The molecule has 0 fully saturated rings. The van der Waals surface area contributed by atoms with Crippen molar-refractivity contribution in [1.82, 2.24) is 14.9 Å². The number of hydrogen-bond acceptors (Lipinski definition) is 3. The quantitative estimate of drug-likeness (QED) is 0.751. The summed E-state index contributed by atoms with van der Waals surface area (Å²) in [5.74, 6) is 0.689. The van der Waals surface area contributed by atoms with E-state index in [-0.39, 0.29) is 11.8 Å². The number of hydrogen-bond donors (Lipinski definition) is 0. The smallest absolute Gasteiger partial charge is 0.273 e. The molecule has 5 heteroatoms. The van der Waals surface area contributed by atoms with E-state index < -0.39 is 0 Å². The lowest BCUT2D eigenvalue weighted by atomic mass is 10.2. The van der Waals surface area contributed by atoms with Gasteiger partial charge in [-0.1, -0.05) is 45.2 Å². The van der Waals surface area contributed by atoms with Crippen LogP contribution in [0.25, 0.3) is 0 Å². The van der Waals surface area contributed by atoms with E-state index in [0.717, 1.165) is 25.8 Å². The van der Waals surface area contributed by atoms with Crippen LogP contribution >= 0.6 is 11.6 Å². The van der Waals surface area contributed by atoms with Crippen molar-refractivity contribution in [3.63, 3.8) is 0 Å². The molecule has 106 valence electrons. The SMILES string of the molecule is CCCCCN(C)C(=O)c1nc(C(C)C)ncc1Cl. The Balaban J connectivity index is 2.83. The molecule has 0 saturated heterocycles. The Morgan fingerprint density at radius 3 is 2.68 bits per heavy atom. The third kappa shape index (κ3) is 4.46. The van der Waals surface area contributed by atoms with Crippen molar-refractivity contribution in [1.29, 1.82) is 0 Å². The van der Waals surface area contributed by atoms with Gasteiger partial charge < -0.3 is 4.90 Å². The van der Waals surface area contributed by atoms with Crippen molar-refractivity contribution < 1.29 is 4.79 Å². The minimum absolute atomic E-state index is 0.134. The van der Waals surface area contributed by atoms with Crippen molar-refractivity contribution in [2.24, 2.45) is 0 Å². The van der Waals surface area contributed by atoms with Crippen LogP contribution in [0.3, 0.4) is 0 Å². The monoisotopic (exact) mass is 283 g/mol. The van der Waals surface area contributed by atoms with E-state index in [1.54, 1.807) is 11.9 Å². The molecule has 1 rings (SSSR count). The Morgan fingerprint density at radius 2 is 2.11 bits per heavy atom. The maximum Gasteiger partial charge on any atom is 0.273 e. The molecule has 0 spiro atoms. The lowest BCUT2D eigenvalue weighted by Gasteiger charge is -2.17. The van der Waals surface area contributed by atoms with E-state index in [0.29, 0.717) is 16.5 Å². The van der Waals surface area contributed by atoms with Crippen molar-refractivity contribution in [3.8, 4) is 0 Å². The molecule has 0 aliphatic carbocycles. The zero-order valence-corrected chi connectivity index (χ0v) is 12.9. The van der Waals surface area contributed by atoms with E-state index in [9.17, 15) is 4.79 Å². The van der Waals surface area contributed by atoms with Gasteiger partial charge in [-0.05, 0) is 6.42 Å². The molecular weight excluding hydrogens is 262 g/mol. The summed E-state index contributed by atoms with van der Waals surface area (Å²) < 4.78 is 0. The number of rotatable bonds is 6. The van der Waals surface area contributed by atoms with E-state index in [1.165, 1.54) is 6.20 Å². The zero-order chi connectivity index (χ0) is 14.4. The van der Waals surface area contributed by atoms with E-state index >= 15 is 0 Å². The second kappa shape index (κ2) is 7.43. The lowest BCUT2D eigenvalue weighted by molar-refractivity contribution is 0.0786. The number of halogens is 1. The molecular formula is C14H22ClN3O. The number of aromatic nitrogens is 2. The van der Waals surface area contributed by atoms with Gasteiger partial charge in [0.05, 0.1) is 11.2 Å². The highest BCUT2D eigenvalue weighted by atomic mass is 35.5. The molecule has 0 aliphatic heterocycles. The van der Waals surface area contributed by atoms with Gasteiger partial charge in [0, 0.05) is 19.5 Å². The Labute approximate surface area is 120 Å². The molecule has 0 unspecified atom stereocenters. The second-order valence-corrected chi connectivity index (χ2v) is 5.42. The van der Waals surface area contributed by atoms with Gasteiger partial charge in [-0.2, -0.15) is 0 Å². The molecule has 1 heterocycles. The maximum absolute atomic E-state index is 12.3. The minimum atomic E-state index is -0.134. The summed E-state index contributed by atoms with van der Waals surface area (Å²) >= 11 is 6.03. The van der Waals surface area contributed by atoms with Gasteiger partial charge in [-0.3, -0.25) is 4.79 Å². The molecule has 0 bridgehead atoms. The van der Waals surface area contributed by atoms with Crippen LogP contribution in [0.4, 0.5) is 0 Å². The summed E-state index contributed by atoms with van der Waals surface area (Å²) in [4.78, 5) is 22.4. The predicted molar refractivity (Wildman–Crippen MR) is 77.6 cm³/mol. The number of carbonyl (C=O) groups is 1. The molecule has 1 aromatic heterocycles. The molecule has 0 atom stereocenters. The highest BCUT2D eigenvalue weighted by molar-refractivity contribution is 6.33. The molecule has 0 saturated carbocycles. The first kappa shape index (κ1) is 15.9. The van der Waals surface area contributed by atoms with Crippen LogP contribution in [0.15, 0.2) is 6.20 Å². The van der Waals surface area contributed by atoms with Crippen LogP contribution in [-0.4, -0.2) is 34.4 Å². The fraction of sp³-hybridized carbons (Fsp3) is 0.643. The van der Waals surface area contributed by atoms with Gasteiger partial charge in [0.15, 0.2) is 5.69 Å². The highest BCUT2D eigenvalue weighted by Crippen LogP contribution is 2.17. The van der Waals surface area contributed by atoms with E-state index in [2.05, 4.69) is 16.9 Å². The van der Waals surface area contributed by atoms with Crippen molar-refractivity contribution in [2.75, 3.05) is 13.6 Å². The first-order valence-electron chi connectivity index (χ1n) is 6.75. The maximum atomic E-state index is 12.3. The molecule has 0 radical (unpaired) electrons. The molecule has 0 N–H and O–H groups in total. The third-order valence-corrected chi connectivity index (χ3v) is 3.20. The van der Waals surface area contributed by atoms with E-state index in [4.69, 9.17) is 11.6 Å². The van der Waals surface area contributed by atoms with Gasteiger partial charge in [-0.15, -0.1) is 0 Å². The second-order valence-electron chi connectivity index (χ2n) is 5.01. The molecule has 19 heavy (non-hydrogen) atoms. The van der Waals surface area contributed by atoms with Crippen molar-refractivity contribution in [2.45, 2.75) is 46.0 Å². The molecule has 4 nitrogen and oxygen atoms in total. The van der Waals surface area contributed by atoms with Crippen molar-refractivity contribution in [3.05, 3.63) is 22.7 Å². The lowest BCUT2D eigenvalue weighted by Crippen LogP contribution is -2.29. The first-order valence-corrected chi connectivity index (χ1v) is 7.13. The van der Waals surface area contributed by atoms with Crippen LogP contribution in [0.1, 0.15) is 62.3 Å². The van der Waals surface area contributed by atoms with Gasteiger partial charge >= 0.3 is 0 Å². The largest absolute Gasteiger partial charge is 0.340 e. The van der Waals surface area contributed by atoms with Crippen LogP contribution in [0.2, 0.25) is 5.02 Å². The van der Waals surface area contributed by atoms with Gasteiger partial charge in [0.1, 0.15) is 5.82 Å². The van der Waals surface area contributed by atoms with Crippen LogP contribution in [0.5, 0.6) is 0 Å². The summed E-state index contributed by atoms with van der Waals surface area (Å²) in [5, 5.41) is 0.316. The minimum Gasteiger partial charge on any atom is -0.340 e. The Bertz CT molecular complexity index is 435. The summed E-state index contributed by atoms with van der Waals surface area (Å²) in [5.41, 5.74) is 0.305. The average molecular weight is 284 g/mol. The summed E-state index contributed by atoms with van der Waals surface area (Å²) in [6.07, 6.45) is 4.76. The Kier molecular flexibility index (Phi) is 6.22. The van der Waals surface area contributed by atoms with Crippen molar-refractivity contribution >= 4 is 17.5 Å². The fourth-order valence-electron chi connectivity index (χ4n) is 1.69. The molecule has 1 amide bonds. The Morgan fingerprint density at radius 1 is 1.42 bits per heavy atom. The normalized spacial score (nSPS) is 10.8. The standard InChI is InChI=1S/C14H22ClN3O/c1-5-6-7-8-18(4)14(19)12-11(15)9-16-13(17-12)10(2)3/h9-10H,5-8H2,1-4H3. The van der Waals surface area contributed by atoms with Crippen LogP contribution in [0, 0.1) is 0 Å². The molecule has 0 aromatic carbocycles. The number of unbranched alkanes of at least 4 members (excludes halogenated alkanes) is 2. The summed E-state index contributed by atoms with van der Waals surface area (Å²) in [7, 11) is 1.78. The van der Waals surface area contributed by atoms with E-state index in [1.807, 2.05) is 13.8 Å². The van der Waals surface area contributed by atoms with Gasteiger partial charge in [0.2, 0.25) is 0 Å². The predicted octanol–water partition coefficient (Wildman–Crippen LogP) is 3.52. The summed E-state index contributed by atoms with van der Waals surface area (Å²) in [6.45, 7) is 6.84. The molecule has 1 aromatic rings. The number of nitrogens with zero attached hydrogens (tertiary/aromatic N) is 3. The van der Waals surface area contributed by atoms with Crippen LogP contribution in [-0.2, 0) is 0 Å².